The Bertz CT molecular complexity index is 766. The maximum absolute atomic E-state index is 12.4. The molecule has 0 bridgehead atoms. The number of anilines is 2. The number of carbonyl (C=O) groups is 2. The van der Waals surface area contributed by atoms with E-state index >= 15 is 0 Å². The average Bonchev–Trinajstić information content (AvgIpc) is 2.91. The molecule has 1 amide bonds. The monoisotopic (exact) mass is 352 g/mol. The predicted octanol–water partition coefficient (Wildman–Crippen LogP) is 3.88. The van der Waals surface area contributed by atoms with E-state index in [-0.39, 0.29) is 17.7 Å². The van der Waals surface area contributed by atoms with Gasteiger partial charge in [-0.25, -0.2) is 9.97 Å². The standard InChI is InChI=1S/C20H24N4O2/c1-14(25)15-7-6-10-18(11-15)24-20-21-12-16(13-22-20)19(26)23-17-8-4-2-3-5-9-17/h6-7,10-13,17H,2-5,8-9H2,1H3,(H,23,26)(H,21,22,24). The highest BCUT2D eigenvalue weighted by molar-refractivity contribution is 5.95. The SMILES string of the molecule is CC(=O)c1cccc(Nc2ncc(C(=O)NC3CCCCCC3)cn2)c1. The van der Waals surface area contributed by atoms with Crippen LogP contribution in [0, 0.1) is 0 Å². The minimum atomic E-state index is -0.123. The lowest BCUT2D eigenvalue weighted by molar-refractivity contribution is 0.0932. The normalized spacial score (nSPS) is 15.1. The highest BCUT2D eigenvalue weighted by Gasteiger charge is 2.16. The van der Waals surface area contributed by atoms with Crippen molar-refractivity contribution >= 4 is 23.3 Å². The summed E-state index contributed by atoms with van der Waals surface area (Å²) in [5, 5.41) is 6.14. The third-order valence-corrected chi connectivity index (χ3v) is 4.63. The lowest BCUT2D eigenvalue weighted by atomic mass is 10.1. The first-order chi connectivity index (χ1) is 12.6. The van der Waals surface area contributed by atoms with Crippen LogP contribution in [-0.2, 0) is 0 Å². The fraction of sp³-hybridized carbons (Fsp3) is 0.400. The van der Waals surface area contributed by atoms with Crippen molar-refractivity contribution in [2.75, 3.05) is 5.32 Å². The molecule has 0 radical (unpaired) electrons. The average molecular weight is 352 g/mol. The van der Waals surface area contributed by atoms with Gasteiger partial charge in [0.15, 0.2) is 5.78 Å². The van der Waals surface area contributed by atoms with Gasteiger partial charge >= 0.3 is 0 Å². The summed E-state index contributed by atoms with van der Waals surface area (Å²) in [4.78, 5) is 32.2. The molecule has 136 valence electrons. The van der Waals surface area contributed by atoms with Gasteiger partial charge in [0.25, 0.3) is 5.91 Å². The molecule has 1 fully saturated rings. The topological polar surface area (TPSA) is 84.0 Å². The third kappa shape index (κ3) is 4.88. The van der Waals surface area contributed by atoms with Crippen molar-refractivity contribution in [2.24, 2.45) is 0 Å². The number of Topliss-reactive ketones (excluding diaryl/α,β-unsaturated/α-hetero) is 1. The van der Waals surface area contributed by atoms with Crippen molar-refractivity contribution in [1.29, 1.82) is 0 Å². The van der Waals surface area contributed by atoms with E-state index in [1.165, 1.54) is 45.0 Å². The highest BCUT2D eigenvalue weighted by atomic mass is 16.1. The lowest BCUT2D eigenvalue weighted by Gasteiger charge is -2.16. The second-order valence-corrected chi connectivity index (χ2v) is 6.72. The van der Waals surface area contributed by atoms with Crippen LogP contribution < -0.4 is 10.6 Å². The zero-order chi connectivity index (χ0) is 18.4. The summed E-state index contributed by atoms with van der Waals surface area (Å²) in [6.45, 7) is 1.53. The van der Waals surface area contributed by atoms with Gasteiger partial charge in [-0.1, -0.05) is 37.8 Å². The highest BCUT2D eigenvalue weighted by Crippen LogP contribution is 2.18. The zero-order valence-corrected chi connectivity index (χ0v) is 15.0. The van der Waals surface area contributed by atoms with Crippen LogP contribution >= 0.6 is 0 Å². The minimum Gasteiger partial charge on any atom is -0.349 e. The Morgan fingerprint density at radius 2 is 1.69 bits per heavy atom. The van der Waals surface area contributed by atoms with Crippen LogP contribution in [-0.4, -0.2) is 27.7 Å². The predicted molar refractivity (Wildman–Crippen MR) is 101 cm³/mol. The molecule has 2 aromatic rings. The Kier molecular flexibility index (Phi) is 5.94. The molecule has 0 spiro atoms. The van der Waals surface area contributed by atoms with Crippen molar-refractivity contribution in [1.82, 2.24) is 15.3 Å². The maximum atomic E-state index is 12.4. The van der Waals surface area contributed by atoms with Crippen molar-refractivity contribution < 1.29 is 9.59 Å². The first kappa shape index (κ1) is 18.0. The van der Waals surface area contributed by atoms with Gasteiger partial charge in [0.1, 0.15) is 0 Å². The molecule has 2 N–H and O–H groups in total. The van der Waals surface area contributed by atoms with Crippen molar-refractivity contribution in [2.45, 2.75) is 51.5 Å². The molecule has 6 nitrogen and oxygen atoms in total. The maximum Gasteiger partial charge on any atom is 0.254 e. The number of carbonyl (C=O) groups excluding carboxylic acids is 2. The molecule has 1 aromatic heterocycles. The molecule has 1 saturated carbocycles. The van der Waals surface area contributed by atoms with Crippen LogP contribution in [0.2, 0.25) is 0 Å². The summed E-state index contributed by atoms with van der Waals surface area (Å²) in [6.07, 6.45) is 9.97. The van der Waals surface area contributed by atoms with Gasteiger partial charge in [-0.05, 0) is 31.9 Å². The summed E-state index contributed by atoms with van der Waals surface area (Å²) in [5.74, 6) is 0.263. The Balaban J connectivity index is 1.61. The van der Waals surface area contributed by atoms with Crippen molar-refractivity contribution in [3.05, 3.63) is 47.8 Å². The van der Waals surface area contributed by atoms with E-state index in [9.17, 15) is 9.59 Å². The van der Waals surface area contributed by atoms with E-state index in [0.717, 1.165) is 18.5 Å². The van der Waals surface area contributed by atoms with E-state index in [0.29, 0.717) is 17.1 Å². The van der Waals surface area contributed by atoms with Gasteiger partial charge < -0.3 is 10.6 Å². The van der Waals surface area contributed by atoms with Crippen LogP contribution in [0.15, 0.2) is 36.7 Å². The van der Waals surface area contributed by atoms with Gasteiger partial charge in [0.2, 0.25) is 5.95 Å². The number of aromatic nitrogens is 2. The van der Waals surface area contributed by atoms with Gasteiger partial charge in [-0.3, -0.25) is 9.59 Å². The van der Waals surface area contributed by atoms with Crippen LogP contribution in [0.25, 0.3) is 0 Å². The molecular formula is C20H24N4O2. The second-order valence-electron chi connectivity index (χ2n) is 6.72. The fourth-order valence-corrected chi connectivity index (χ4v) is 3.15. The molecule has 1 aliphatic carbocycles. The Morgan fingerprint density at radius 3 is 2.35 bits per heavy atom. The summed E-state index contributed by atoms with van der Waals surface area (Å²) >= 11 is 0. The van der Waals surface area contributed by atoms with Crippen LogP contribution in [0.3, 0.4) is 0 Å². The molecule has 0 saturated heterocycles. The molecule has 0 atom stereocenters. The molecule has 1 heterocycles. The number of ketones is 1. The number of benzene rings is 1. The molecule has 0 aliphatic heterocycles. The molecule has 3 rings (SSSR count). The Morgan fingerprint density at radius 1 is 1.00 bits per heavy atom. The largest absolute Gasteiger partial charge is 0.349 e. The van der Waals surface area contributed by atoms with E-state index < -0.39 is 0 Å². The number of hydrogen-bond acceptors (Lipinski definition) is 5. The number of hydrogen-bond donors (Lipinski definition) is 2. The van der Waals surface area contributed by atoms with Crippen LogP contribution in [0.4, 0.5) is 11.6 Å². The zero-order valence-electron chi connectivity index (χ0n) is 15.0. The third-order valence-electron chi connectivity index (χ3n) is 4.63. The smallest absolute Gasteiger partial charge is 0.254 e. The first-order valence-corrected chi connectivity index (χ1v) is 9.13. The molecule has 26 heavy (non-hydrogen) atoms. The fourth-order valence-electron chi connectivity index (χ4n) is 3.15. The first-order valence-electron chi connectivity index (χ1n) is 9.13. The van der Waals surface area contributed by atoms with Crippen molar-refractivity contribution in [3.63, 3.8) is 0 Å². The number of amides is 1. The van der Waals surface area contributed by atoms with E-state index in [1.807, 2.05) is 6.07 Å². The molecular weight excluding hydrogens is 328 g/mol. The number of nitrogens with zero attached hydrogens (tertiary/aromatic N) is 2. The minimum absolute atomic E-state index is 0.0000927. The van der Waals surface area contributed by atoms with Crippen molar-refractivity contribution in [3.8, 4) is 0 Å². The molecule has 0 unspecified atom stereocenters. The van der Waals surface area contributed by atoms with E-state index in [1.54, 1.807) is 18.2 Å². The summed E-state index contributed by atoms with van der Waals surface area (Å²) in [7, 11) is 0. The van der Waals surface area contributed by atoms with Gasteiger partial charge in [0, 0.05) is 29.7 Å². The quantitative estimate of drug-likeness (QED) is 0.630. The summed E-state index contributed by atoms with van der Waals surface area (Å²) < 4.78 is 0. The van der Waals surface area contributed by atoms with Gasteiger partial charge in [-0.2, -0.15) is 0 Å². The summed E-state index contributed by atoms with van der Waals surface area (Å²) in [5.41, 5.74) is 1.81. The molecule has 1 aliphatic rings. The number of nitrogens with one attached hydrogen (secondary N) is 2. The van der Waals surface area contributed by atoms with Gasteiger partial charge in [-0.15, -0.1) is 0 Å². The van der Waals surface area contributed by atoms with E-state index in [2.05, 4.69) is 20.6 Å². The molecule has 1 aromatic carbocycles. The molecule has 6 heteroatoms. The second kappa shape index (κ2) is 8.56. The van der Waals surface area contributed by atoms with Crippen LogP contribution in [0.5, 0.6) is 0 Å². The van der Waals surface area contributed by atoms with Crippen LogP contribution in [0.1, 0.15) is 66.2 Å². The summed E-state index contributed by atoms with van der Waals surface area (Å²) in [6, 6.07) is 7.39. The van der Waals surface area contributed by atoms with E-state index in [4.69, 9.17) is 0 Å². The van der Waals surface area contributed by atoms with Gasteiger partial charge in [0.05, 0.1) is 5.56 Å². The Labute approximate surface area is 153 Å². The lowest BCUT2D eigenvalue weighted by Crippen LogP contribution is -2.34. The number of rotatable bonds is 5. The Hall–Kier alpha value is -2.76.